The number of likely N-dealkylation sites (N-methyl/N-ethyl adjacent to an activating group) is 2. The Morgan fingerprint density at radius 1 is 0.872 bits per heavy atom. The molecule has 4 bridgehead atoms. The minimum atomic E-state index is -1.08. The predicted molar refractivity (Wildman–Crippen MR) is 168 cm³/mol. The van der Waals surface area contributed by atoms with Gasteiger partial charge in [-0.3, -0.25) is 14.5 Å². The first-order chi connectivity index (χ1) is 22.5. The third-order valence-electron chi connectivity index (χ3n) is 12.8. The summed E-state index contributed by atoms with van der Waals surface area (Å²) in [6, 6.07) is 4.09. The van der Waals surface area contributed by atoms with Gasteiger partial charge in [0, 0.05) is 34.7 Å². The van der Waals surface area contributed by atoms with E-state index in [1.807, 2.05) is 19.2 Å². The molecule has 3 N–H and O–H groups in total. The van der Waals surface area contributed by atoms with Crippen LogP contribution in [0.3, 0.4) is 0 Å². The summed E-state index contributed by atoms with van der Waals surface area (Å²) in [5, 5.41) is 32.6. The number of piperidine rings is 2. The van der Waals surface area contributed by atoms with E-state index < -0.39 is 28.6 Å². The van der Waals surface area contributed by atoms with Gasteiger partial charge >= 0.3 is 0 Å². The quantitative estimate of drug-likeness (QED) is 0.415. The van der Waals surface area contributed by atoms with Crippen molar-refractivity contribution in [3.63, 3.8) is 0 Å². The number of ether oxygens (including phenoxy) is 4. The molecule has 4 heterocycles. The van der Waals surface area contributed by atoms with E-state index in [0.29, 0.717) is 35.7 Å². The van der Waals surface area contributed by atoms with Crippen LogP contribution in [-0.2, 0) is 33.3 Å². The summed E-state index contributed by atoms with van der Waals surface area (Å²) >= 11 is 0. The van der Waals surface area contributed by atoms with Gasteiger partial charge in [-0.25, -0.2) is 0 Å². The smallest absolute Gasteiger partial charge is 0.207 e. The average molecular weight is 643 g/mol. The lowest BCUT2D eigenvalue weighted by Gasteiger charge is -2.60. The Hall–Kier alpha value is -4.06. The third-order valence-corrected chi connectivity index (χ3v) is 12.8. The van der Waals surface area contributed by atoms with Crippen LogP contribution in [0.1, 0.15) is 35.1 Å². The van der Waals surface area contributed by atoms with Gasteiger partial charge in [0.05, 0.1) is 25.0 Å². The Bertz CT molecular complexity index is 1850. The van der Waals surface area contributed by atoms with E-state index in [4.69, 9.17) is 18.9 Å². The number of methoxy groups -OCH3 is 2. The number of benzene rings is 2. The number of phenolic OH excluding ortho intramolecular Hbond substituents is 2. The fourth-order valence-electron chi connectivity index (χ4n) is 10.6. The fourth-order valence-corrected chi connectivity index (χ4v) is 10.6. The van der Waals surface area contributed by atoms with Crippen LogP contribution in [0, 0.1) is 5.92 Å². The second-order valence-electron chi connectivity index (χ2n) is 14.4. The van der Waals surface area contributed by atoms with Gasteiger partial charge in [-0.1, -0.05) is 12.1 Å². The van der Waals surface area contributed by atoms with Gasteiger partial charge in [-0.05, 0) is 82.7 Å². The standard InChI is InChI=1S/C18H19NO5.C18H19NO4/c1-19-6-5-18-9-3-4-11(20)17(18)24-15-12(18)8(7-10(9)19)13(21)14(22)16(15)23-2;1-19-8-7-17-14-10-3-4-12(22-2)15(14)23-16(17)11(20)5-6-18(17,21)13(19)9-10/h3-4,9-10,17,21-22H,5-7H2,1-2H3;3-6,13,16,21H,7-9H2,1-2H3/t9-,10+,17-,18-;13-,16+,17+,18-/m01/s1. The number of ketones is 2. The molecule has 47 heavy (non-hydrogen) atoms. The van der Waals surface area contributed by atoms with E-state index in [0.717, 1.165) is 42.6 Å². The van der Waals surface area contributed by atoms with Gasteiger partial charge in [0.25, 0.3) is 0 Å². The summed E-state index contributed by atoms with van der Waals surface area (Å²) in [6.45, 7) is 1.70. The Morgan fingerprint density at radius 3 is 2.38 bits per heavy atom. The molecular weight excluding hydrogens is 604 g/mol. The van der Waals surface area contributed by atoms with Crippen molar-refractivity contribution in [1.82, 2.24) is 9.80 Å². The molecule has 11 heteroatoms. The molecule has 2 fully saturated rings. The second-order valence-corrected chi connectivity index (χ2v) is 14.4. The Labute approximate surface area is 272 Å². The van der Waals surface area contributed by atoms with Crippen LogP contribution in [0.25, 0.3) is 0 Å². The van der Waals surface area contributed by atoms with Gasteiger partial charge in [0.15, 0.2) is 46.8 Å². The number of likely N-dealkylation sites (tertiary alicyclic amines) is 2. The number of hydrogen-bond donors (Lipinski definition) is 3. The summed E-state index contributed by atoms with van der Waals surface area (Å²) in [6.07, 6.45) is 8.43. The van der Waals surface area contributed by atoms with Gasteiger partial charge in [-0.15, -0.1) is 0 Å². The largest absolute Gasteiger partial charge is 0.504 e. The molecule has 8 atom stereocenters. The Kier molecular flexibility index (Phi) is 5.76. The van der Waals surface area contributed by atoms with Crippen molar-refractivity contribution in [3.8, 4) is 34.5 Å². The zero-order valence-electron chi connectivity index (χ0n) is 26.8. The van der Waals surface area contributed by atoms with Crippen molar-refractivity contribution in [3.05, 3.63) is 58.7 Å². The fraction of sp³-hybridized carbons (Fsp3) is 0.500. The predicted octanol–water partition coefficient (Wildman–Crippen LogP) is 1.94. The molecule has 10 rings (SSSR count). The van der Waals surface area contributed by atoms with Crippen molar-refractivity contribution < 1.29 is 43.9 Å². The highest BCUT2D eigenvalue weighted by atomic mass is 16.5. The van der Waals surface area contributed by atoms with E-state index in [1.54, 1.807) is 19.3 Å². The van der Waals surface area contributed by atoms with Crippen molar-refractivity contribution in [2.24, 2.45) is 5.92 Å². The minimum Gasteiger partial charge on any atom is -0.504 e. The molecule has 4 aliphatic carbocycles. The molecule has 2 spiro atoms. The highest BCUT2D eigenvalue weighted by molar-refractivity contribution is 5.99. The molecule has 2 aromatic carbocycles. The number of hydrogen-bond acceptors (Lipinski definition) is 11. The van der Waals surface area contributed by atoms with Crippen molar-refractivity contribution in [2.45, 2.75) is 66.4 Å². The normalized spacial score (nSPS) is 37.7. The molecule has 246 valence electrons. The van der Waals surface area contributed by atoms with Crippen LogP contribution >= 0.6 is 0 Å². The molecule has 8 aliphatic rings. The third kappa shape index (κ3) is 3.18. The summed E-state index contributed by atoms with van der Waals surface area (Å²) in [5.74, 6) is 1.42. The molecule has 4 aliphatic heterocycles. The summed E-state index contributed by atoms with van der Waals surface area (Å²) < 4.78 is 22.9. The Balaban J connectivity index is 0.000000129. The number of carbonyl (C=O) groups excluding carboxylic acids is 2. The molecular formula is C36H38N2O9. The lowest BCUT2D eigenvalue weighted by molar-refractivity contribution is -0.151. The maximum atomic E-state index is 12.6. The van der Waals surface area contributed by atoms with Crippen LogP contribution in [0.2, 0.25) is 0 Å². The van der Waals surface area contributed by atoms with Crippen molar-refractivity contribution in [1.29, 1.82) is 0 Å². The van der Waals surface area contributed by atoms with E-state index in [2.05, 4.69) is 22.9 Å². The van der Waals surface area contributed by atoms with Gasteiger partial charge in [-0.2, -0.15) is 0 Å². The zero-order valence-corrected chi connectivity index (χ0v) is 26.8. The topological polar surface area (TPSA) is 138 Å². The van der Waals surface area contributed by atoms with Crippen LogP contribution in [-0.4, -0.2) is 108 Å². The molecule has 0 amide bonds. The summed E-state index contributed by atoms with van der Waals surface area (Å²) in [5.41, 5.74) is 1.48. The number of aliphatic hydroxyl groups is 1. The molecule has 2 aromatic rings. The van der Waals surface area contributed by atoms with Crippen LogP contribution < -0.4 is 18.9 Å². The van der Waals surface area contributed by atoms with Gasteiger partial charge in [0.1, 0.15) is 5.60 Å². The number of phenols is 2. The second kappa shape index (κ2) is 9.30. The number of nitrogens with zero attached hydrogens (tertiary/aromatic N) is 2. The molecule has 0 aromatic heterocycles. The number of aromatic hydroxyl groups is 2. The van der Waals surface area contributed by atoms with Crippen LogP contribution in [0.4, 0.5) is 0 Å². The average Bonchev–Trinajstić information content (AvgIpc) is 3.60. The first-order valence-corrected chi connectivity index (χ1v) is 16.3. The monoisotopic (exact) mass is 642 g/mol. The van der Waals surface area contributed by atoms with Gasteiger partial charge < -0.3 is 39.2 Å². The van der Waals surface area contributed by atoms with E-state index in [1.165, 1.54) is 13.2 Å². The molecule has 2 saturated heterocycles. The summed E-state index contributed by atoms with van der Waals surface area (Å²) in [4.78, 5) is 29.6. The minimum absolute atomic E-state index is 0.0430. The SMILES string of the molecule is COc1c(O)c(O)c2c3c1O[C@H]1C(=O)C=C[C@H]4[C@@H](C2)N(C)CC[C@]314.COc1ccc2c3c1O[C@H]1C(=O)C=C[C@@]4(O)[C@@H](C2)N(C)CC[C@]314. The van der Waals surface area contributed by atoms with E-state index in [9.17, 15) is 24.9 Å². The lowest BCUT2D eigenvalue weighted by Crippen LogP contribution is -2.74. The van der Waals surface area contributed by atoms with Crippen LogP contribution in [0.5, 0.6) is 34.5 Å². The highest BCUT2D eigenvalue weighted by Gasteiger charge is 2.72. The maximum absolute atomic E-state index is 12.6. The Morgan fingerprint density at radius 2 is 1.62 bits per heavy atom. The van der Waals surface area contributed by atoms with Crippen molar-refractivity contribution in [2.75, 3.05) is 41.4 Å². The first-order valence-electron chi connectivity index (χ1n) is 16.3. The van der Waals surface area contributed by atoms with Crippen molar-refractivity contribution >= 4 is 11.6 Å². The maximum Gasteiger partial charge on any atom is 0.207 e. The first kappa shape index (κ1) is 29.1. The zero-order chi connectivity index (χ0) is 32.8. The highest BCUT2D eigenvalue weighted by Crippen LogP contribution is 2.66. The molecule has 0 unspecified atom stereocenters. The van der Waals surface area contributed by atoms with E-state index >= 15 is 0 Å². The summed E-state index contributed by atoms with van der Waals surface area (Å²) in [7, 11) is 7.14. The molecule has 11 nitrogen and oxygen atoms in total. The number of carbonyl (C=O) groups is 2. The molecule has 0 radical (unpaired) electrons. The number of rotatable bonds is 2. The van der Waals surface area contributed by atoms with E-state index in [-0.39, 0.29) is 46.8 Å². The lowest BCUT2D eigenvalue weighted by atomic mass is 9.51. The van der Waals surface area contributed by atoms with Crippen LogP contribution in [0.15, 0.2) is 36.4 Å². The van der Waals surface area contributed by atoms with Gasteiger partial charge in [0.2, 0.25) is 11.5 Å². The molecule has 0 saturated carbocycles.